The molecule has 4 rings (SSSR count). The van der Waals surface area contributed by atoms with Crippen LogP contribution in [0.25, 0.3) is 0 Å². The molecule has 2 aromatic rings. The van der Waals surface area contributed by atoms with Crippen molar-refractivity contribution in [1.29, 1.82) is 0 Å². The first-order valence-electron chi connectivity index (χ1n) is 10.0. The van der Waals surface area contributed by atoms with Gasteiger partial charge in [-0.1, -0.05) is 30.3 Å². The van der Waals surface area contributed by atoms with E-state index in [-0.39, 0.29) is 22.4 Å². The van der Waals surface area contributed by atoms with Crippen molar-refractivity contribution in [1.82, 2.24) is 19.8 Å². The van der Waals surface area contributed by atoms with E-state index >= 15 is 0 Å². The zero-order valence-corrected chi connectivity index (χ0v) is 16.6. The van der Waals surface area contributed by atoms with Gasteiger partial charge in [0.25, 0.3) is 11.5 Å². The smallest absolute Gasteiger partial charge is 0.263 e. The van der Waals surface area contributed by atoms with Crippen LogP contribution in [0.15, 0.2) is 41.3 Å². The molecule has 0 radical (unpaired) electrons. The second-order valence-corrected chi connectivity index (χ2v) is 8.51. The highest BCUT2D eigenvalue weighted by atomic mass is 16.2. The molecule has 3 heterocycles. The third-order valence-corrected chi connectivity index (χ3v) is 6.36. The van der Waals surface area contributed by atoms with Crippen LogP contribution in [-0.2, 0) is 0 Å². The maximum Gasteiger partial charge on any atom is 0.263 e. The summed E-state index contributed by atoms with van der Waals surface area (Å²) >= 11 is 0. The number of nitrogens with zero attached hydrogens (tertiary/aromatic N) is 3. The first-order valence-corrected chi connectivity index (χ1v) is 10.0. The van der Waals surface area contributed by atoms with E-state index in [2.05, 4.69) is 52.2 Å². The van der Waals surface area contributed by atoms with Crippen molar-refractivity contribution in [2.45, 2.75) is 32.1 Å². The van der Waals surface area contributed by atoms with Crippen molar-refractivity contribution in [3.05, 3.63) is 63.8 Å². The second-order valence-electron chi connectivity index (χ2n) is 8.51. The standard InChI is InChI=1S/C22H28N4O2/c1-16-23-13-19(20(27)24-16)21(28)26-10-8-22(9-11-26)12-18(14-25(2)15-22)17-6-4-3-5-7-17/h3-7,13,18H,8-12,14-15H2,1-2H3,(H,23,24,27)/t18-/m0/s1. The van der Waals surface area contributed by atoms with Crippen LogP contribution in [0.3, 0.4) is 0 Å². The minimum Gasteiger partial charge on any atom is -0.338 e. The number of aromatic amines is 1. The summed E-state index contributed by atoms with van der Waals surface area (Å²) in [4.78, 5) is 35.9. The average molecular weight is 380 g/mol. The van der Waals surface area contributed by atoms with E-state index in [9.17, 15) is 9.59 Å². The van der Waals surface area contributed by atoms with Crippen LogP contribution in [0, 0.1) is 12.3 Å². The molecular weight excluding hydrogens is 352 g/mol. The summed E-state index contributed by atoms with van der Waals surface area (Å²) in [5.41, 5.74) is 1.44. The molecule has 2 saturated heterocycles. The number of likely N-dealkylation sites (N-methyl/N-ethyl adjacent to an activating group) is 1. The first kappa shape index (κ1) is 18.9. The molecule has 2 aliphatic rings. The molecule has 0 unspecified atom stereocenters. The Hall–Kier alpha value is -2.47. The Kier molecular flexibility index (Phi) is 5.06. The van der Waals surface area contributed by atoms with E-state index < -0.39 is 0 Å². The maximum atomic E-state index is 12.8. The van der Waals surface area contributed by atoms with Gasteiger partial charge in [0.1, 0.15) is 11.4 Å². The van der Waals surface area contributed by atoms with E-state index in [1.165, 1.54) is 11.8 Å². The van der Waals surface area contributed by atoms with E-state index in [1.54, 1.807) is 6.92 Å². The van der Waals surface area contributed by atoms with Crippen molar-refractivity contribution >= 4 is 5.91 Å². The summed E-state index contributed by atoms with van der Waals surface area (Å²) in [6.45, 7) is 5.26. The first-order chi connectivity index (χ1) is 13.5. The van der Waals surface area contributed by atoms with Crippen LogP contribution in [0.5, 0.6) is 0 Å². The van der Waals surface area contributed by atoms with Gasteiger partial charge >= 0.3 is 0 Å². The Balaban J connectivity index is 1.46. The summed E-state index contributed by atoms with van der Waals surface area (Å²) in [6, 6.07) is 10.8. The molecule has 1 aromatic carbocycles. The molecule has 0 saturated carbocycles. The van der Waals surface area contributed by atoms with Gasteiger partial charge in [0.2, 0.25) is 0 Å². The van der Waals surface area contributed by atoms with Crippen LogP contribution in [0.4, 0.5) is 0 Å². The van der Waals surface area contributed by atoms with Gasteiger partial charge < -0.3 is 14.8 Å². The number of carbonyl (C=O) groups excluding carboxylic acids is 1. The van der Waals surface area contributed by atoms with Crippen LogP contribution >= 0.6 is 0 Å². The molecule has 1 aromatic heterocycles. The fraction of sp³-hybridized carbons (Fsp3) is 0.500. The largest absolute Gasteiger partial charge is 0.338 e. The van der Waals surface area contributed by atoms with Crippen LogP contribution < -0.4 is 5.56 Å². The van der Waals surface area contributed by atoms with Gasteiger partial charge in [0.05, 0.1) is 0 Å². The third-order valence-electron chi connectivity index (χ3n) is 6.36. The lowest BCUT2D eigenvalue weighted by Crippen LogP contribution is -2.52. The number of aryl methyl sites for hydroxylation is 1. The molecule has 1 amide bonds. The second kappa shape index (κ2) is 7.51. The maximum absolute atomic E-state index is 12.8. The highest BCUT2D eigenvalue weighted by molar-refractivity contribution is 5.93. The van der Waals surface area contributed by atoms with Crippen molar-refractivity contribution < 1.29 is 4.79 Å². The number of hydrogen-bond donors (Lipinski definition) is 1. The van der Waals surface area contributed by atoms with Crippen LogP contribution in [0.1, 0.15) is 46.9 Å². The fourth-order valence-corrected chi connectivity index (χ4v) is 4.97. The number of aromatic nitrogens is 2. The fourth-order valence-electron chi connectivity index (χ4n) is 4.97. The number of likely N-dealkylation sites (tertiary alicyclic amines) is 2. The van der Waals surface area contributed by atoms with Gasteiger partial charge in [-0.25, -0.2) is 4.98 Å². The number of nitrogens with one attached hydrogen (secondary N) is 1. The molecule has 148 valence electrons. The molecule has 1 atom stereocenters. The van der Waals surface area contributed by atoms with E-state index in [0.717, 1.165) is 32.4 Å². The lowest BCUT2D eigenvalue weighted by Gasteiger charge is -2.49. The molecule has 2 aliphatic heterocycles. The SMILES string of the molecule is Cc1ncc(C(=O)N2CCC3(CC2)C[C@H](c2ccccc2)CN(C)C3)c(=O)[nH]1. The van der Waals surface area contributed by atoms with Crippen LogP contribution in [0.2, 0.25) is 0 Å². The van der Waals surface area contributed by atoms with Gasteiger partial charge in [0.15, 0.2) is 0 Å². The quantitative estimate of drug-likeness (QED) is 0.869. The average Bonchev–Trinajstić information content (AvgIpc) is 2.68. The number of hydrogen-bond acceptors (Lipinski definition) is 4. The predicted octanol–water partition coefficient (Wildman–Crippen LogP) is 2.42. The summed E-state index contributed by atoms with van der Waals surface area (Å²) in [6.07, 6.45) is 4.52. The highest BCUT2D eigenvalue weighted by Crippen LogP contribution is 2.44. The molecule has 6 nitrogen and oxygen atoms in total. The Morgan fingerprint density at radius 3 is 2.61 bits per heavy atom. The van der Waals surface area contributed by atoms with Crippen molar-refractivity contribution in [2.75, 3.05) is 33.2 Å². The number of carbonyl (C=O) groups is 1. The topological polar surface area (TPSA) is 69.3 Å². The molecule has 1 N–H and O–H groups in total. The predicted molar refractivity (Wildman–Crippen MR) is 108 cm³/mol. The monoisotopic (exact) mass is 380 g/mol. The molecule has 2 fully saturated rings. The van der Waals surface area contributed by atoms with E-state index in [1.807, 2.05) is 4.90 Å². The summed E-state index contributed by atoms with van der Waals surface area (Å²) in [5.74, 6) is 0.857. The summed E-state index contributed by atoms with van der Waals surface area (Å²) < 4.78 is 0. The van der Waals surface area contributed by atoms with Gasteiger partial charge in [-0.2, -0.15) is 0 Å². The molecular formula is C22H28N4O2. The number of amides is 1. The van der Waals surface area contributed by atoms with Crippen LogP contribution in [-0.4, -0.2) is 58.9 Å². The molecule has 1 spiro atoms. The Morgan fingerprint density at radius 1 is 1.21 bits per heavy atom. The van der Waals surface area contributed by atoms with Gasteiger partial charge in [-0.3, -0.25) is 9.59 Å². The summed E-state index contributed by atoms with van der Waals surface area (Å²) in [7, 11) is 2.20. The Labute approximate surface area is 165 Å². The molecule has 6 heteroatoms. The minimum absolute atomic E-state index is 0.143. The number of rotatable bonds is 2. The highest BCUT2D eigenvalue weighted by Gasteiger charge is 2.42. The number of H-pyrrole nitrogens is 1. The zero-order chi connectivity index (χ0) is 19.7. The molecule has 0 bridgehead atoms. The Morgan fingerprint density at radius 2 is 1.93 bits per heavy atom. The van der Waals surface area contributed by atoms with Gasteiger partial charge in [-0.05, 0) is 50.1 Å². The Bertz CT molecular complexity index is 900. The lowest BCUT2D eigenvalue weighted by atomic mass is 9.68. The van der Waals surface area contributed by atoms with Crippen molar-refractivity contribution in [3.8, 4) is 0 Å². The van der Waals surface area contributed by atoms with Crippen molar-refractivity contribution in [2.24, 2.45) is 5.41 Å². The van der Waals surface area contributed by atoms with E-state index in [0.29, 0.717) is 24.8 Å². The minimum atomic E-state index is -0.348. The van der Waals surface area contributed by atoms with E-state index in [4.69, 9.17) is 0 Å². The number of piperidine rings is 2. The zero-order valence-electron chi connectivity index (χ0n) is 16.6. The molecule has 28 heavy (non-hydrogen) atoms. The van der Waals surface area contributed by atoms with Gasteiger partial charge in [0, 0.05) is 32.4 Å². The van der Waals surface area contributed by atoms with Gasteiger partial charge in [-0.15, -0.1) is 0 Å². The third kappa shape index (κ3) is 3.74. The van der Waals surface area contributed by atoms with Crippen molar-refractivity contribution in [3.63, 3.8) is 0 Å². The number of benzene rings is 1. The summed E-state index contributed by atoms with van der Waals surface area (Å²) in [5, 5.41) is 0. The normalized spacial score (nSPS) is 22.4. The molecule has 0 aliphatic carbocycles. The lowest BCUT2D eigenvalue weighted by molar-refractivity contribution is 0.0223.